The number of ether oxygens (including phenoxy) is 2. The van der Waals surface area contributed by atoms with Crippen molar-refractivity contribution in [1.82, 2.24) is 5.32 Å². The van der Waals surface area contributed by atoms with Gasteiger partial charge in [-0.15, -0.1) is 0 Å². The molecule has 100 valence electrons. The number of rotatable bonds is 3. The van der Waals surface area contributed by atoms with Crippen molar-refractivity contribution in [3.63, 3.8) is 0 Å². The molecule has 0 amide bonds. The van der Waals surface area contributed by atoms with Crippen LogP contribution in [0.25, 0.3) is 0 Å². The fourth-order valence-corrected chi connectivity index (χ4v) is 3.07. The third-order valence-electron chi connectivity index (χ3n) is 3.50. The maximum absolute atomic E-state index is 14.3. The van der Waals surface area contributed by atoms with Crippen LogP contribution in [0.2, 0.25) is 0 Å². The predicted molar refractivity (Wildman–Crippen MR) is 71.8 cm³/mol. The summed E-state index contributed by atoms with van der Waals surface area (Å²) < 4.78 is 25.2. The average molecular weight is 318 g/mol. The number of benzene rings is 1. The van der Waals surface area contributed by atoms with Gasteiger partial charge in [0.15, 0.2) is 11.5 Å². The molecule has 5 heteroatoms. The molecule has 1 aromatic rings. The Balaban J connectivity index is 2.60. The first-order valence-corrected chi connectivity index (χ1v) is 6.68. The molecule has 18 heavy (non-hydrogen) atoms. The molecule has 0 saturated carbocycles. The summed E-state index contributed by atoms with van der Waals surface area (Å²) in [5, 5.41) is 3.41. The van der Waals surface area contributed by atoms with Crippen LogP contribution >= 0.6 is 15.9 Å². The molecule has 1 saturated heterocycles. The molecule has 1 aliphatic rings. The Kier molecular flexibility index (Phi) is 3.82. The largest absolute Gasteiger partial charge is 0.493 e. The summed E-state index contributed by atoms with van der Waals surface area (Å²) in [5.41, 5.74) is 0.578. The molecule has 1 aromatic carbocycles. The van der Waals surface area contributed by atoms with E-state index in [1.807, 2.05) is 6.07 Å². The average Bonchev–Trinajstić information content (AvgIpc) is 2.77. The van der Waals surface area contributed by atoms with E-state index >= 15 is 0 Å². The van der Waals surface area contributed by atoms with Crippen LogP contribution in [0.4, 0.5) is 4.39 Å². The molecule has 3 nitrogen and oxygen atoms in total. The van der Waals surface area contributed by atoms with Gasteiger partial charge in [-0.1, -0.05) is 0 Å². The molecule has 0 spiro atoms. The van der Waals surface area contributed by atoms with Gasteiger partial charge in [-0.3, -0.25) is 0 Å². The minimum atomic E-state index is -0.459. The molecule has 0 aliphatic carbocycles. The molecule has 1 N–H and O–H groups in total. The van der Waals surface area contributed by atoms with Crippen molar-refractivity contribution in [1.29, 1.82) is 0 Å². The Hall–Kier alpha value is -0.810. The summed E-state index contributed by atoms with van der Waals surface area (Å²) in [4.78, 5) is 0. The van der Waals surface area contributed by atoms with Crippen LogP contribution in [0, 0.1) is 5.82 Å². The molecule has 0 bridgehead atoms. The Morgan fingerprint density at radius 1 is 1.33 bits per heavy atom. The number of halogens is 2. The highest BCUT2D eigenvalue weighted by Gasteiger charge is 2.35. The van der Waals surface area contributed by atoms with Gasteiger partial charge in [0.1, 0.15) is 0 Å². The van der Waals surface area contributed by atoms with Crippen molar-refractivity contribution >= 4 is 15.9 Å². The van der Waals surface area contributed by atoms with Crippen molar-refractivity contribution in [3.8, 4) is 11.5 Å². The van der Waals surface area contributed by atoms with E-state index in [0.29, 0.717) is 4.47 Å². The number of methoxy groups -OCH3 is 2. The van der Waals surface area contributed by atoms with Crippen molar-refractivity contribution in [3.05, 3.63) is 21.9 Å². The molecule has 0 radical (unpaired) electrons. The van der Waals surface area contributed by atoms with Gasteiger partial charge in [0.05, 0.1) is 18.7 Å². The molecule has 1 aliphatic heterocycles. The first-order chi connectivity index (χ1) is 8.53. The quantitative estimate of drug-likeness (QED) is 0.928. The Bertz CT molecular complexity index is 459. The maximum atomic E-state index is 14.3. The molecule has 1 atom stereocenters. The van der Waals surface area contributed by atoms with Crippen molar-refractivity contribution in [2.75, 3.05) is 20.8 Å². The monoisotopic (exact) mass is 317 g/mol. The zero-order chi connectivity index (χ0) is 13.3. The van der Waals surface area contributed by atoms with Crippen LogP contribution in [-0.2, 0) is 5.54 Å². The van der Waals surface area contributed by atoms with Gasteiger partial charge in [-0.05, 0) is 48.3 Å². The van der Waals surface area contributed by atoms with E-state index in [0.717, 1.165) is 24.9 Å². The van der Waals surface area contributed by atoms with Gasteiger partial charge in [0, 0.05) is 11.1 Å². The molecule has 2 rings (SSSR count). The van der Waals surface area contributed by atoms with Gasteiger partial charge < -0.3 is 14.8 Å². The van der Waals surface area contributed by atoms with Crippen molar-refractivity contribution in [2.24, 2.45) is 0 Å². The number of hydrogen-bond acceptors (Lipinski definition) is 3. The lowest BCUT2D eigenvalue weighted by atomic mass is 9.89. The summed E-state index contributed by atoms with van der Waals surface area (Å²) in [6, 6.07) is 1.87. The summed E-state index contributed by atoms with van der Waals surface area (Å²) in [6.45, 7) is 3.00. The van der Waals surface area contributed by atoms with E-state index < -0.39 is 5.82 Å². The van der Waals surface area contributed by atoms with Gasteiger partial charge >= 0.3 is 0 Å². The van der Waals surface area contributed by atoms with Crippen LogP contribution < -0.4 is 14.8 Å². The fourth-order valence-electron chi connectivity index (χ4n) is 2.51. The lowest BCUT2D eigenvalue weighted by molar-refractivity contribution is 0.328. The molecular weight excluding hydrogens is 301 g/mol. The highest BCUT2D eigenvalue weighted by Crippen LogP contribution is 2.43. The van der Waals surface area contributed by atoms with E-state index in [4.69, 9.17) is 9.47 Å². The van der Waals surface area contributed by atoms with E-state index in [-0.39, 0.29) is 17.0 Å². The van der Waals surface area contributed by atoms with Crippen LogP contribution in [0.15, 0.2) is 10.5 Å². The van der Waals surface area contributed by atoms with Crippen LogP contribution in [-0.4, -0.2) is 20.8 Å². The van der Waals surface area contributed by atoms with E-state index in [2.05, 4.69) is 28.2 Å². The van der Waals surface area contributed by atoms with Crippen LogP contribution in [0.5, 0.6) is 11.5 Å². The molecule has 1 heterocycles. The number of nitrogens with one attached hydrogen (secondary N) is 1. The highest BCUT2D eigenvalue weighted by atomic mass is 79.9. The maximum Gasteiger partial charge on any atom is 0.208 e. The fraction of sp³-hybridized carbons (Fsp3) is 0.538. The minimum absolute atomic E-state index is 0.178. The first-order valence-electron chi connectivity index (χ1n) is 5.89. The zero-order valence-corrected chi connectivity index (χ0v) is 12.4. The topological polar surface area (TPSA) is 30.5 Å². The van der Waals surface area contributed by atoms with E-state index in [9.17, 15) is 4.39 Å². The van der Waals surface area contributed by atoms with E-state index in [1.54, 1.807) is 0 Å². The van der Waals surface area contributed by atoms with Crippen molar-refractivity contribution < 1.29 is 13.9 Å². The van der Waals surface area contributed by atoms with E-state index in [1.165, 1.54) is 14.2 Å². The predicted octanol–water partition coefficient (Wildman–Crippen LogP) is 3.20. The highest BCUT2D eigenvalue weighted by molar-refractivity contribution is 9.10. The lowest BCUT2D eigenvalue weighted by Crippen LogP contribution is -2.33. The lowest BCUT2D eigenvalue weighted by Gasteiger charge is -2.28. The zero-order valence-electron chi connectivity index (χ0n) is 10.8. The Morgan fingerprint density at radius 3 is 2.50 bits per heavy atom. The standard InChI is InChI=1S/C13H17BrFNO2/c1-13(5-4-6-16-13)8-7-9(14)12(18-3)10(15)11(8)17-2/h7,16H,4-6H2,1-3H3. The second-order valence-electron chi connectivity index (χ2n) is 4.65. The van der Waals surface area contributed by atoms with Gasteiger partial charge in [0.25, 0.3) is 0 Å². The van der Waals surface area contributed by atoms with Gasteiger partial charge in [0.2, 0.25) is 5.82 Å². The second kappa shape index (κ2) is 5.05. The molecule has 0 aromatic heterocycles. The SMILES string of the molecule is COc1c(Br)cc(C2(C)CCCN2)c(OC)c1F. The second-order valence-corrected chi connectivity index (χ2v) is 5.50. The van der Waals surface area contributed by atoms with Crippen LogP contribution in [0.3, 0.4) is 0 Å². The third kappa shape index (κ3) is 2.10. The summed E-state index contributed by atoms with van der Waals surface area (Å²) in [5.74, 6) is -0.0246. The normalized spacial score (nSPS) is 23.2. The number of hydrogen-bond donors (Lipinski definition) is 1. The Labute approximate surface area is 115 Å². The van der Waals surface area contributed by atoms with Gasteiger partial charge in [-0.25, -0.2) is 0 Å². The third-order valence-corrected chi connectivity index (χ3v) is 4.09. The molecule has 1 unspecified atom stereocenters. The molecular formula is C13H17BrFNO2. The summed E-state index contributed by atoms with van der Waals surface area (Å²) in [6.07, 6.45) is 2.03. The van der Waals surface area contributed by atoms with Crippen molar-refractivity contribution in [2.45, 2.75) is 25.3 Å². The molecule has 1 fully saturated rings. The summed E-state index contributed by atoms with van der Waals surface area (Å²) in [7, 11) is 2.92. The minimum Gasteiger partial charge on any atom is -0.493 e. The smallest absolute Gasteiger partial charge is 0.208 e. The Morgan fingerprint density at radius 2 is 2.00 bits per heavy atom. The first kappa shape index (κ1) is 13.6. The van der Waals surface area contributed by atoms with Crippen LogP contribution in [0.1, 0.15) is 25.3 Å². The van der Waals surface area contributed by atoms with Gasteiger partial charge in [-0.2, -0.15) is 4.39 Å². The summed E-state index contributed by atoms with van der Waals surface area (Å²) >= 11 is 3.34.